The standard InChI is InChI=1S/C23H30ClN3O3S/c1-17-7-12-21(15-22(17)31(29,30)27-13-5-3-4-6-14-27)26-23(28)16-25-18(2)19-8-10-20(24)11-9-19/h7-12,15,18,25H,3-6,13-14,16H2,1-2H3,(H,26,28)/t18-/m0/s1. The van der Waals surface area contributed by atoms with E-state index in [1.54, 1.807) is 29.4 Å². The fraction of sp³-hybridized carbons (Fsp3) is 0.435. The topological polar surface area (TPSA) is 78.5 Å². The van der Waals surface area contributed by atoms with Crippen molar-refractivity contribution in [2.45, 2.75) is 50.5 Å². The van der Waals surface area contributed by atoms with Crippen molar-refractivity contribution in [1.29, 1.82) is 0 Å². The number of halogens is 1. The normalized spacial score (nSPS) is 16.5. The molecule has 0 saturated carbocycles. The predicted molar refractivity (Wildman–Crippen MR) is 125 cm³/mol. The van der Waals surface area contributed by atoms with Crippen molar-refractivity contribution < 1.29 is 13.2 Å². The summed E-state index contributed by atoms with van der Waals surface area (Å²) in [4.78, 5) is 12.7. The molecule has 1 saturated heterocycles. The molecule has 1 amide bonds. The van der Waals surface area contributed by atoms with Crippen LogP contribution in [0, 0.1) is 6.92 Å². The quantitative estimate of drug-likeness (QED) is 0.633. The van der Waals surface area contributed by atoms with Gasteiger partial charge in [-0.1, -0.05) is 42.6 Å². The maximum Gasteiger partial charge on any atom is 0.243 e. The Morgan fingerprint density at radius 2 is 1.71 bits per heavy atom. The summed E-state index contributed by atoms with van der Waals surface area (Å²) in [5.41, 5.74) is 2.18. The molecule has 168 valence electrons. The average Bonchev–Trinajstić information content (AvgIpc) is 3.04. The predicted octanol–water partition coefficient (Wildman–Crippen LogP) is 4.50. The van der Waals surface area contributed by atoms with Crippen LogP contribution in [-0.2, 0) is 14.8 Å². The van der Waals surface area contributed by atoms with Gasteiger partial charge in [-0.2, -0.15) is 4.31 Å². The molecule has 1 heterocycles. The number of aryl methyl sites for hydroxylation is 1. The van der Waals surface area contributed by atoms with Crippen molar-refractivity contribution in [2.24, 2.45) is 0 Å². The number of anilines is 1. The van der Waals surface area contributed by atoms with Gasteiger partial charge in [0.1, 0.15) is 0 Å². The SMILES string of the molecule is Cc1ccc(NC(=O)CN[C@@H](C)c2ccc(Cl)cc2)cc1S(=O)(=O)N1CCCCCC1. The minimum atomic E-state index is -3.58. The van der Waals surface area contributed by atoms with Crippen LogP contribution in [0.15, 0.2) is 47.4 Å². The Balaban J connectivity index is 1.65. The van der Waals surface area contributed by atoms with E-state index in [2.05, 4.69) is 10.6 Å². The van der Waals surface area contributed by atoms with Crippen molar-refractivity contribution in [3.63, 3.8) is 0 Å². The highest BCUT2D eigenvalue weighted by Gasteiger charge is 2.27. The van der Waals surface area contributed by atoms with Gasteiger partial charge in [0.15, 0.2) is 0 Å². The van der Waals surface area contributed by atoms with Gasteiger partial charge in [0.2, 0.25) is 15.9 Å². The van der Waals surface area contributed by atoms with E-state index in [-0.39, 0.29) is 23.4 Å². The monoisotopic (exact) mass is 463 g/mol. The minimum Gasteiger partial charge on any atom is -0.325 e. The first-order valence-electron chi connectivity index (χ1n) is 10.7. The zero-order chi connectivity index (χ0) is 22.4. The molecule has 8 heteroatoms. The van der Waals surface area contributed by atoms with E-state index in [0.717, 1.165) is 31.2 Å². The van der Waals surface area contributed by atoms with Crippen LogP contribution in [0.5, 0.6) is 0 Å². The van der Waals surface area contributed by atoms with Gasteiger partial charge in [-0.05, 0) is 62.1 Å². The number of rotatable bonds is 7. The first-order chi connectivity index (χ1) is 14.8. The number of hydrogen-bond acceptors (Lipinski definition) is 4. The third kappa shape index (κ3) is 6.29. The van der Waals surface area contributed by atoms with E-state index in [1.807, 2.05) is 31.2 Å². The Kier molecular flexibility index (Phi) is 8.11. The summed E-state index contributed by atoms with van der Waals surface area (Å²) in [6, 6.07) is 12.5. The van der Waals surface area contributed by atoms with Crippen LogP contribution < -0.4 is 10.6 Å². The van der Waals surface area contributed by atoms with Crippen LogP contribution in [0.3, 0.4) is 0 Å². The fourth-order valence-electron chi connectivity index (χ4n) is 3.70. The lowest BCUT2D eigenvalue weighted by Gasteiger charge is -2.21. The lowest BCUT2D eigenvalue weighted by Crippen LogP contribution is -2.32. The highest BCUT2D eigenvalue weighted by atomic mass is 35.5. The Hall–Kier alpha value is -1.93. The molecule has 1 atom stereocenters. The molecule has 0 aliphatic carbocycles. The molecule has 3 rings (SSSR count). The van der Waals surface area contributed by atoms with E-state index >= 15 is 0 Å². The van der Waals surface area contributed by atoms with Gasteiger partial charge in [-0.25, -0.2) is 8.42 Å². The number of nitrogens with zero attached hydrogens (tertiary/aromatic N) is 1. The van der Waals surface area contributed by atoms with Gasteiger partial charge in [0, 0.05) is 29.8 Å². The van der Waals surface area contributed by atoms with Gasteiger partial charge >= 0.3 is 0 Å². The summed E-state index contributed by atoms with van der Waals surface area (Å²) in [6.07, 6.45) is 3.88. The van der Waals surface area contributed by atoms with E-state index in [0.29, 0.717) is 29.4 Å². The maximum atomic E-state index is 13.2. The number of carbonyl (C=O) groups excluding carboxylic acids is 1. The van der Waals surface area contributed by atoms with Gasteiger partial charge < -0.3 is 10.6 Å². The third-order valence-electron chi connectivity index (χ3n) is 5.59. The molecule has 1 fully saturated rings. The molecule has 1 aliphatic heterocycles. The first kappa shape index (κ1) is 23.7. The molecule has 31 heavy (non-hydrogen) atoms. The van der Waals surface area contributed by atoms with E-state index in [1.165, 1.54) is 0 Å². The van der Waals surface area contributed by atoms with Crippen LogP contribution in [-0.4, -0.2) is 38.3 Å². The fourth-order valence-corrected chi connectivity index (χ4v) is 5.59. The van der Waals surface area contributed by atoms with E-state index in [4.69, 9.17) is 11.6 Å². The number of sulfonamides is 1. The number of amides is 1. The number of nitrogens with one attached hydrogen (secondary N) is 2. The Labute approximate surface area is 190 Å². The van der Waals surface area contributed by atoms with Gasteiger partial charge in [0.25, 0.3) is 0 Å². The molecule has 0 spiro atoms. The molecule has 1 aliphatic rings. The molecule has 0 aromatic heterocycles. The van der Waals surface area contributed by atoms with Crippen molar-refractivity contribution >= 4 is 33.2 Å². The Morgan fingerprint density at radius 3 is 2.35 bits per heavy atom. The number of carbonyl (C=O) groups is 1. The molecule has 6 nitrogen and oxygen atoms in total. The largest absolute Gasteiger partial charge is 0.325 e. The van der Waals surface area contributed by atoms with Gasteiger partial charge in [0.05, 0.1) is 11.4 Å². The summed E-state index contributed by atoms with van der Waals surface area (Å²) in [6.45, 7) is 4.95. The molecule has 2 aromatic carbocycles. The van der Waals surface area contributed by atoms with E-state index < -0.39 is 10.0 Å². The second kappa shape index (κ2) is 10.6. The van der Waals surface area contributed by atoms with Gasteiger partial charge in [-0.15, -0.1) is 0 Å². The van der Waals surface area contributed by atoms with Crippen LogP contribution in [0.25, 0.3) is 0 Å². The molecular formula is C23H30ClN3O3S. The van der Waals surface area contributed by atoms with Crippen LogP contribution >= 0.6 is 11.6 Å². The second-order valence-corrected chi connectivity index (χ2v) is 10.3. The van der Waals surface area contributed by atoms with Crippen LogP contribution in [0.2, 0.25) is 5.02 Å². The summed E-state index contributed by atoms with van der Waals surface area (Å²) in [7, 11) is -3.58. The molecular weight excluding hydrogens is 434 g/mol. The minimum absolute atomic E-state index is 0.0278. The van der Waals surface area contributed by atoms with Crippen molar-refractivity contribution in [3.8, 4) is 0 Å². The highest BCUT2D eigenvalue weighted by molar-refractivity contribution is 7.89. The molecule has 2 aromatic rings. The lowest BCUT2D eigenvalue weighted by atomic mass is 10.1. The maximum absolute atomic E-state index is 13.2. The molecule has 0 unspecified atom stereocenters. The molecule has 0 radical (unpaired) electrons. The Morgan fingerprint density at radius 1 is 1.06 bits per heavy atom. The van der Waals surface area contributed by atoms with Crippen LogP contribution in [0.4, 0.5) is 5.69 Å². The summed E-state index contributed by atoms with van der Waals surface area (Å²) in [5.74, 6) is -0.234. The number of benzene rings is 2. The zero-order valence-corrected chi connectivity index (χ0v) is 19.6. The average molecular weight is 464 g/mol. The van der Waals surface area contributed by atoms with Crippen molar-refractivity contribution in [1.82, 2.24) is 9.62 Å². The van der Waals surface area contributed by atoms with Crippen molar-refractivity contribution in [2.75, 3.05) is 25.0 Å². The highest BCUT2D eigenvalue weighted by Crippen LogP contribution is 2.26. The smallest absolute Gasteiger partial charge is 0.243 e. The zero-order valence-electron chi connectivity index (χ0n) is 18.0. The second-order valence-electron chi connectivity index (χ2n) is 8.00. The third-order valence-corrected chi connectivity index (χ3v) is 7.89. The summed E-state index contributed by atoms with van der Waals surface area (Å²) < 4.78 is 27.9. The molecule has 2 N–H and O–H groups in total. The van der Waals surface area contributed by atoms with E-state index in [9.17, 15) is 13.2 Å². The van der Waals surface area contributed by atoms with Crippen LogP contribution in [0.1, 0.15) is 49.8 Å². The lowest BCUT2D eigenvalue weighted by molar-refractivity contribution is -0.115. The summed E-state index contributed by atoms with van der Waals surface area (Å²) in [5, 5.41) is 6.64. The van der Waals surface area contributed by atoms with Gasteiger partial charge in [-0.3, -0.25) is 4.79 Å². The molecule has 0 bridgehead atoms. The van der Waals surface area contributed by atoms with Crippen molar-refractivity contribution in [3.05, 3.63) is 58.6 Å². The number of hydrogen-bond donors (Lipinski definition) is 2. The Bertz CT molecular complexity index is 1000. The summed E-state index contributed by atoms with van der Waals surface area (Å²) >= 11 is 5.92. The first-order valence-corrected chi connectivity index (χ1v) is 12.5.